The molecule has 1 unspecified atom stereocenters. The second-order valence-corrected chi connectivity index (χ2v) is 14.5. The summed E-state index contributed by atoms with van der Waals surface area (Å²) in [6.07, 6.45) is -0.543. The summed E-state index contributed by atoms with van der Waals surface area (Å²) in [5.41, 5.74) is 2.49. The van der Waals surface area contributed by atoms with E-state index in [4.69, 9.17) is 9.47 Å². The summed E-state index contributed by atoms with van der Waals surface area (Å²) < 4.78 is 40.1. The van der Waals surface area contributed by atoms with Crippen LogP contribution in [0.3, 0.4) is 0 Å². The molecule has 2 amide bonds. The number of hydrogen-bond acceptors (Lipinski definition) is 7. The highest BCUT2D eigenvalue weighted by molar-refractivity contribution is 7.89. The molecule has 1 heterocycles. The Kier molecular flexibility index (Phi) is 12.8. The maximum absolute atomic E-state index is 14.0. The molecule has 3 aromatic rings. The molecule has 3 N–H and O–H groups in total. The lowest BCUT2D eigenvalue weighted by Gasteiger charge is -2.32. The number of hydrogen-bond donors (Lipinski definition) is 3. The van der Waals surface area contributed by atoms with E-state index in [1.165, 1.54) is 10.4 Å². The van der Waals surface area contributed by atoms with E-state index in [9.17, 15) is 23.1 Å². The van der Waals surface area contributed by atoms with E-state index in [0.717, 1.165) is 16.7 Å². The van der Waals surface area contributed by atoms with Crippen LogP contribution in [0.25, 0.3) is 0 Å². The number of aliphatic hydroxyl groups excluding tert-OH is 1. The number of ether oxygens (including phenoxy) is 2. The van der Waals surface area contributed by atoms with Crippen LogP contribution in [0.4, 0.5) is 4.79 Å². The first-order chi connectivity index (χ1) is 22.5. The third-order valence-corrected chi connectivity index (χ3v) is 10.2. The number of carbonyl (C=O) groups excluding carboxylic acids is 2. The third-order valence-electron chi connectivity index (χ3n) is 8.33. The van der Waals surface area contributed by atoms with Gasteiger partial charge in [0.15, 0.2) is 0 Å². The molecule has 1 aliphatic heterocycles. The Morgan fingerprint density at radius 1 is 0.936 bits per heavy atom. The van der Waals surface area contributed by atoms with E-state index in [2.05, 4.69) is 10.6 Å². The minimum Gasteiger partial charge on any atom is -0.493 e. The highest BCUT2D eigenvalue weighted by Crippen LogP contribution is 2.29. The van der Waals surface area contributed by atoms with Gasteiger partial charge in [-0.15, -0.1) is 0 Å². The number of carbonyl (C=O) groups is 2. The van der Waals surface area contributed by atoms with E-state index in [1.807, 2.05) is 88.4 Å². The van der Waals surface area contributed by atoms with Crippen LogP contribution in [-0.2, 0) is 39.0 Å². The van der Waals surface area contributed by atoms with Crippen molar-refractivity contribution in [2.75, 3.05) is 19.7 Å². The van der Waals surface area contributed by atoms with Gasteiger partial charge in [-0.25, -0.2) is 13.2 Å². The predicted octanol–water partition coefficient (Wildman–Crippen LogP) is 4.70. The highest BCUT2D eigenvalue weighted by Gasteiger charge is 2.34. The lowest BCUT2D eigenvalue weighted by molar-refractivity contribution is -0.125. The molecule has 0 saturated carbocycles. The van der Waals surface area contributed by atoms with Gasteiger partial charge in [-0.2, -0.15) is 4.31 Å². The Labute approximate surface area is 278 Å². The van der Waals surface area contributed by atoms with Crippen molar-refractivity contribution >= 4 is 22.0 Å². The van der Waals surface area contributed by atoms with Crippen molar-refractivity contribution in [3.63, 3.8) is 0 Å². The average Bonchev–Trinajstić information content (AvgIpc) is 3.54. The number of aliphatic hydroxyl groups is 1. The van der Waals surface area contributed by atoms with Crippen LogP contribution in [0.1, 0.15) is 50.8 Å². The Hall–Kier alpha value is -3.93. The fourth-order valence-corrected chi connectivity index (χ4v) is 7.18. The number of benzene rings is 3. The van der Waals surface area contributed by atoms with Gasteiger partial charge < -0.3 is 25.2 Å². The van der Waals surface area contributed by atoms with Gasteiger partial charge in [-0.1, -0.05) is 94.8 Å². The first-order valence-corrected chi connectivity index (χ1v) is 17.7. The number of nitrogens with one attached hydrogen (secondary N) is 2. The van der Waals surface area contributed by atoms with Crippen molar-refractivity contribution in [2.24, 2.45) is 11.8 Å². The van der Waals surface area contributed by atoms with Crippen molar-refractivity contribution in [1.82, 2.24) is 14.9 Å². The minimum absolute atomic E-state index is 0.0298. The molecule has 10 nitrogen and oxygen atoms in total. The van der Waals surface area contributed by atoms with E-state index in [-0.39, 0.29) is 42.8 Å². The lowest BCUT2D eigenvalue weighted by atomic mass is 9.96. The standard InChI is InChI=1S/C36H47N3O7S/c1-5-26(4)34(38-36(42)46-24-28-14-10-7-11-15-28)35(41)37-31(20-27-12-8-6-9-13-27)32(40)23-39(22-25(2)3)47(43,44)30-16-17-33-29(21-30)18-19-45-33/h6-17,21,25-26,31-32,34,40H,5,18-20,22-24H2,1-4H3,(H,37,41)(H,38,42)/t26-,31?,32+,34-/m0/s1. The van der Waals surface area contributed by atoms with Gasteiger partial charge in [0.2, 0.25) is 15.9 Å². The van der Waals surface area contributed by atoms with Crippen molar-refractivity contribution in [2.45, 2.75) is 76.6 Å². The molecule has 1 aliphatic rings. The normalized spacial score (nSPS) is 15.3. The van der Waals surface area contributed by atoms with Crippen molar-refractivity contribution in [3.05, 3.63) is 95.6 Å². The van der Waals surface area contributed by atoms with E-state index >= 15 is 0 Å². The smallest absolute Gasteiger partial charge is 0.408 e. The van der Waals surface area contributed by atoms with Crippen LogP contribution in [0.15, 0.2) is 83.8 Å². The number of amides is 2. The van der Waals surface area contributed by atoms with Crippen molar-refractivity contribution < 1.29 is 32.6 Å². The quantitative estimate of drug-likeness (QED) is 0.202. The number of fused-ring (bicyclic) bond motifs is 1. The summed E-state index contributed by atoms with van der Waals surface area (Å²) in [5.74, 6) is -0.0977. The highest BCUT2D eigenvalue weighted by atomic mass is 32.2. The fraction of sp³-hybridized carbons (Fsp3) is 0.444. The van der Waals surface area contributed by atoms with Gasteiger partial charge in [-0.3, -0.25) is 4.79 Å². The second-order valence-electron chi connectivity index (χ2n) is 12.5. The minimum atomic E-state index is -3.99. The molecule has 0 bridgehead atoms. The van der Waals surface area contributed by atoms with E-state index in [1.54, 1.807) is 12.1 Å². The van der Waals surface area contributed by atoms with Gasteiger partial charge in [0, 0.05) is 19.5 Å². The van der Waals surface area contributed by atoms with Gasteiger partial charge in [0.1, 0.15) is 18.4 Å². The van der Waals surface area contributed by atoms with Crippen LogP contribution < -0.4 is 15.4 Å². The fourth-order valence-electron chi connectivity index (χ4n) is 5.50. The molecule has 0 aromatic heterocycles. The molecule has 4 rings (SSSR count). The number of alkyl carbamates (subject to hydrolysis) is 1. The van der Waals surface area contributed by atoms with Crippen LogP contribution in [-0.4, -0.2) is 67.7 Å². The molecule has 0 aliphatic carbocycles. The van der Waals surface area contributed by atoms with Crippen LogP contribution in [0, 0.1) is 11.8 Å². The van der Waals surface area contributed by atoms with Gasteiger partial charge in [0.05, 0.1) is 23.6 Å². The molecule has 11 heteroatoms. The topological polar surface area (TPSA) is 134 Å². The molecule has 4 atom stereocenters. The summed E-state index contributed by atoms with van der Waals surface area (Å²) in [7, 11) is -3.99. The molecule has 0 fully saturated rings. The molecule has 0 saturated heterocycles. The Morgan fingerprint density at radius 2 is 1.60 bits per heavy atom. The second kappa shape index (κ2) is 16.8. The molecule has 0 radical (unpaired) electrons. The lowest BCUT2D eigenvalue weighted by Crippen LogP contribution is -2.57. The molecule has 47 heavy (non-hydrogen) atoms. The Morgan fingerprint density at radius 3 is 2.23 bits per heavy atom. The van der Waals surface area contributed by atoms with Crippen LogP contribution >= 0.6 is 0 Å². The monoisotopic (exact) mass is 665 g/mol. The van der Waals surface area contributed by atoms with Gasteiger partial charge in [0.25, 0.3) is 0 Å². The maximum Gasteiger partial charge on any atom is 0.408 e. The van der Waals surface area contributed by atoms with Crippen molar-refractivity contribution in [3.8, 4) is 5.75 Å². The zero-order valence-corrected chi connectivity index (χ0v) is 28.4. The maximum atomic E-state index is 14.0. The number of nitrogens with zero attached hydrogens (tertiary/aromatic N) is 1. The number of rotatable bonds is 16. The summed E-state index contributed by atoms with van der Waals surface area (Å²) in [6.45, 7) is 8.07. The van der Waals surface area contributed by atoms with Crippen LogP contribution in [0.2, 0.25) is 0 Å². The third kappa shape index (κ3) is 10.0. The summed E-state index contributed by atoms with van der Waals surface area (Å²) in [5, 5.41) is 17.3. The number of sulfonamides is 1. The van der Waals surface area contributed by atoms with E-state index in [0.29, 0.717) is 25.2 Å². The summed E-state index contributed by atoms with van der Waals surface area (Å²) in [4.78, 5) is 26.7. The molecule has 254 valence electrons. The molecular formula is C36H47N3O7S. The van der Waals surface area contributed by atoms with Gasteiger partial charge >= 0.3 is 6.09 Å². The first kappa shape index (κ1) is 35.9. The van der Waals surface area contributed by atoms with Crippen LogP contribution in [0.5, 0.6) is 5.75 Å². The molecule has 0 spiro atoms. The molecular weight excluding hydrogens is 618 g/mol. The van der Waals surface area contributed by atoms with Gasteiger partial charge in [-0.05, 0) is 53.1 Å². The molecule has 3 aromatic carbocycles. The Bertz CT molecular complexity index is 1570. The Balaban J connectivity index is 1.54. The van der Waals surface area contributed by atoms with E-state index < -0.39 is 40.2 Å². The summed E-state index contributed by atoms with van der Waals surface area (Å²) >= 11 is 0. The SMILES string of the molecule is CC[C@H](C)[C@H](NC(=O)OCc1ccccc1)C(=O)NC(Cc1ccccc1)[C@H](O)CN(CC(C)C)S(=O)(=O)c1ccc2c(c1)CCO2. The zero-order chi connectivity index (χ0) is 34.0. The average molecular weight is 666 g/mol. The summed E-state index contributed by atoms with van der Waals surface area (Å²) in [6, 6.07) is 21.6. The predicted molar refractivity (Wildman–Crippen MR) is 180 cm³/mol. The largest absolute Gasteiger partial charge is 0.493 e. The van der Waals surface area contributed by atoms with Crippen molar-refractivity contribution in [1.29, 1.82) is 0 Å². The zero-order valence-electron chi connectivity index (χ0n) is 27.6. The first-order valence-electron chi connectivity index (χ1n) is 16.2.